The number of hydrogen-bond donors (Lipinski definition) is 1. The van der Waals surface area contributed by atoms with Crippen LogP contribution in [0.4, 0.5) is 0 Å². The summed E-state index contributed by atoms with van der Waals surface area (Å²) in [6.45, 7) is 8.20. The quantitative estimate of drug-likeness (QED) is 0.179. The van der Waals surface area contributed by atoms with Crippen LogP contribution in [0, 0.1) is 0 Å². The van der Waals surface area contributed by atoms with Crippen LogP contribution in [0.2, 0.25) is 0 Å². The number of carbonyl (C=O) groups excluding carboxylic acids is 1. The topological polar surface area (TPSA) is 66.8 Å². The number of esters is 1. The molecule has 0 aromatic heterocycles. The fourth-order valence-electron chi connectivity index (χ4n) is 3.66. The molecule has 0 aromatic rings. The van der Waals surface area contributed by atoms with Crippen molar-refractivity contribution in [3.8, 4) is 0 Å². The Morgan fingerprint density at radius 2 is 1.24 bits per heavy atom. The van der Waals surface area contributed by atoms with E-state index in [-0.39, 0.29) is 12.4 Å². The minimum absolute atomic E-state index is 0.182. The van der Waals surface area contributed by atoms with E-state index in [2.05, 4.69) is 13.8 Å². The van der Waals surface area contributed by atoms with Gasteiger partial charge in [-0.05, 0) is 25.9 Å². The molecular weight excluding hydrogens is 366 g/mol. The molecule has 0 bridgehead atoms. The molecule has 0 unspecified atom stereocenters. The summed E-state index contributed by atoms with van der Waals surface area (Å²) in [7, 11) is 0. The molecule has 5 nitrogen and oxygen atoms in total. The van der Waals surface area contributed by atoms with E-state index >= 15 is 0 Å². The highest BCUT2D eigenvalue weighted by molar-refractivity contribution is 5.82. The molecule has 172 valence electrons. The van der Waals surface area contributed by atoms with Gasteiger partial charge in [0.05, 0.1) is 13.0 Å². The van der Waals surface area contributed by atoms with Gasteiger partial charge in [0, 0.05) is 0 Å². The van der Waals surface area contributed by atoms with E-state index in [1.54, 1.807) is 0 Å². The van der Waals surface area contributed by atoms with Crippen molar-refractivity contribution in [2.24, 2.45) is 0 Å². The number of carboxylic acids is 1. The van der Waals surface area contributed by atoms with E-state index in [4.69, 9.17) is 4.74 Å². The summed E-state index contributed by atoms with van der Waals surface area (Å²) in [5, 5.41) is 9.21. The molecule has 5 heteroatoms. The molecule has 0 rings (SSSR count). The van der Waals surface area contributed by atoms with E-state index < -0.39 is 12.0 Å². The number of ether oxygens (including phenoxy) is 1. The predicted molar refractivity (Wildman–Crippen MR) is 120 cm³/mol. The van der Waals surface area contributed by atoms with Gasteiger partial charge in [-0.3, -0.25) is 14.5 Å². The number of carboxylic acid groups (broad SMARTS) is 1. The van der Waals surface area contributed by atoms with Crippen molar-refractivity contribution in [2.45, 2.75) is 123 Å². The minimum Gasteiger partial charge on any atom is -0.481 e. The molecule has 0 radical (unpaired) electrons. The first-order valence-corrected chi connectivity index (χ1v) is 12.2. The van der Waals surface area contributed by atoms with Gasteiger partial charge in [0.25, 0.3) is 0 Å². The lowest BCUT2D eigenvalue weighted by atomic mass is 10.1. The van der Waals surface area contributed by atoms with E-state index in [1.807, 2.05) is 11.8 Å². The third-order valence-corrected chi connectivity index (χ3v) is 5.53. The lowest BCUT2D eigenvalue weighted by Crippen LogP contribution is -2.44. The van der Waals surface area contributed by atoms with Crippen molar-refractivity contribution in [3.63, 3.8) is 0 Å². The van der Waals surface area contributed by atoms with Gasteiger partial charge in [0.2, 0.25) is 0 Å². The lowest BCUT2D eigenvalue weighted by Gasteiger charge is -2.28. The zero-order valence-corrected chi connectivity index (χ0v) is 19.4. The summed E-state index contributed by atoms with van der Waals surface area (Å²) < 4.78 is 5.44. The van der Waals surface area contributed by atoms with Gasteiger partial charge in [-0.2, -0.15) is 0 Å². The fraction of sp³-hybridized carbons (Fsp3) is 0.917. The van der Waals surface area contributed by atoms with Crippen LogP contribution in [-0.4, -0.2) is 47.7 Å². The largest absolute Gasteiger partial charge is 0.481 e. The molecular formula is C24H47NO4. The molecule has 0 heterocycles. The third-order valence-electron chi connectivity index (χ3n) is 5.53. The molecule has 1 N–H and O–H groups in total. The molecule has 0 fully saturated rings. The number of likely N-dealkylation sites (N-methyl/N-ethyl adjacent to an activating group) is 1. The van der Waals surface area contributed by atoms with Crippen LogP contribution in [-0.2, 0) is 14.3 Å². The second kappa shape index (κ2) is 20.2. The Balaban J connectivity index is 4.06. The molecule has 1 atom stereocenters. The molecule has 0 saturated heterocycles. The fourth-order valence-corrected chi connectivity index (χ4v) is 3.66. The van der Waals surface area contributed by atoms with Crippen molar-refractivity contribution < 1.29 is 19.4 Å². The molecule has 0 aromatic carbocycles. The monoisotopic (exact) mass is 413 g/mol. The summed E-state index contributed by atoms with van der Waals surface area (Å²) in [5.74, 6) is -1.32. The highest BCUT2D eigenvalue weighted by Gasteiger charge is 2.28. The maximum absolute atomic E-state index is 12.5. The van der Waals surface area contributed by atoms with Gasteiger partial charge in [0.15, 0.2) is 0 Å². The third kappa shape index (κ3) is 16.4. The number of nitrogens with zero attached hydrogens (tertiary/aromatic N) is 1. The Kier molecular flexibility index (Phi) is 19.4. The smallest absolute Gasteiger partial charge is 0.323 e. The Bertz CT molecular complexity index is 400. The second-order valence-electron chi connectivity index (χ2n) is 8.15. The molecule has 0 saturated carbocycles. The summed E-state index contributed by atoms with van der Waals surface area (Å²) >= 11 is 0. The number of aliphatic carboxylic acids is 1. The van der Waals surface area contributed by atoms with Crippen molar-refractivity contribution >= 4 is 11.9 Å². The zero-order valence-electron chi connectivity index (χ0n) is 19.4. The molecule has 0 aliphatic rings. The molecule has 0 aliphatic carbocycles. The summed E-state index contributed by atoms with van der Waals surface area (Å²) in [6, 6.07) is -0.665. The number of hydrogen-bond acceptors (Lipinski definition) is 4. The Morgan fingerprint density at radius 3 is 1.72 bits per heavy atom. The van der Waals surface area contributed by atoms with E-state index in [0.29, 0.717) is 13.2 Å². The van der Waals surface area contributed by atoms with Gasteiger partial charge < -0.3 is 9.84 Å². The summed E-state index contributed by atoms with van der Waals surface area (Å²) in [5.41, 5.74) is 0. The minimum atomic E-state index is -0.946. The molecule has 0 spiro atoms. The SMILES string of the molecule is CCCCCCCCCCCCOC(=O)[C@H](CC(=O)O)N(CC)CCCCCC. The van der Waals surface area contributed by atoms with E-state index in [0.717, 1.165) is 38.6 Å². The van der Waals surface area contributed by atoms with E-state index in [1.165, 1.54) is 57.8 Å². The van der Waals surface area contributed by atoms with Crippen LogP contribution in [0.25, 0.3) is 0 Å². The van der Waals surface area contributed by atoms with Crippen molar-refractivity contribution in [2.75, 3.05) is 19.7 Å². The number of rotatable bonds is 21. The first-order valence-electron chi connectivity index (χ1n) is 12.2. The highest BCUT2D eigenvalue weighted by atomic mass is 16.5. The molecule has 0 aliphatic heterocycles. The van der Waals surface area contributed by atoms with Crippen LogP contribution in [0.1, 0.15) is 117 Å². The molecule has 29 heavy (non-hydrogen) atoms. The van der Waals surface area contributed by atoms with Crippen LogP contribution in [0.15, 0.2) is 0 Å². The van der Waals surface area contributed by atoms with Gasteiger partial charge in [-0.1, -0.05) is 97.8 Å². The first kappa shape index (κ1) is 27.9. The van der Waals surface area contributed by atoms with Gasteiger partial charge >= 0.3 is 11.9 Å². The lowest BCUT2D eigenvalue weighted by molar-refractivity contribution is -0.154. The number of carbonyl (C=O) groups is 2. The normalized spacial score (nSPS) is 12.3. The summed E-state index contributed by atoms with van der Waals surface area (Å²) in [4.78, 5) is 25.7. The van der Waals surface area contributed by atoms with Crippen LogP contribution < -0.4 is 0 Å². The van der Waals surface area contributed by atoms with Crippen molar-refractivity contribution in [1.82, 2.24) is 4.90 Å². The van der Waals surface area contributed by atoms with E-state index in [9.17, 15) is 14.7 Å². The van der Waals surface area contributed by atoms with Crippen LogP contribution in [0.5, 0.6) is 0 Å². The first-order chi connectivity index (χ1) is 14.1. The zero-order chi connectivity index (χ0) is 21.7. The van der Waals surface area contributed by atoms with Gasteiger partial charge in [0.1, 0.15) is 6.04 Å². The van der Waals surface area contributed by atoms with Gasteiger partial charge in [-0.25, -0.2) is 0 Å². The van der Waals surface area contributed by atoms with Crippen LogP contribution in [0.3, 0.4) is 0 Å². The van der Waals surface area contributed by atoms with Gasteiger partial charge in [-0.15, -0.1) is 0 Å². The van der Waals surface area contributed by atoms with Crippen molar-refractivity contribution in [1.29, 1.82) is 0 Å². The molecule has 0 amide bonds. The van der Waals surface area contributed by atoms with Crippen LogP contribution >= 0.6 is 0 Å². The Hall–Kier alpha value is -1.10. The standard InChI is InChI=1S/C24H47NO4/c1-4-7-9-11-12-13-14-15-16-18-20-29-24(28)22(21-23(26)27)25(6-3)19-17-10-8-5-2/h22H,4-21H2,1-3H3,(H,26,27)/t22-/m0/s1. The maximum Gasteiger partial charge on any atom is 0.323 e. The second-order valence-corrected chi connectivity index (χ2v) is 8.15. The average Bonchev–Trinajstić information content (AvgIpc) is 2.70. The average molecular weight is 414 g/mol. The Morgan fingerprint density at radius 1 is 0.759 bits per heavy atom. The van der Waals surface area contributed by atoms with Crippen molar-refractivity contribution in [3.05, 3.63) is 0 Å². The Labute approximate surface area is 179 Å². The maximum atomic E-state index is 12.5. The highest BCUT2D eigenvalue weighted by Crippen LogP contribution is 2.13. The summed E-state index contributed by atoms with van der Waals surface area (Å²) in [6.07, 6.45) is 16.6. The number of unbranched alkanes of at least 4 members (excludes halogenated alkanes) is 12. The predicted octanol–water partition coefficient (Wildman–Crippen LogP) is 6.20.